The average molecular weight is 334 g/mol. The van der Waals surface area contributed by atoms with Gasteiger partial charge in [0.25, 0.3) is 0 Å². The smallest absolute Gasteiger partial charge is 0.139 e. The van der Waals surface area contributed by atoms with Crippen LogP contribution >= 0.6 is 12.4 Å². The van der Waals surface area contributed by atoms with E-state index in [4.69, 9.17) is 9.40 Å². The molecule has 0 aromatic carbocycles. The second-order valence-electron chi connectivity index (χ2n) is 5.59. The summed E-state index contributed by atoms with van der Waals surface area (Å²) in [6.07, 6.45) is 11.9. The molecule has 0 atom stereocenters. The largest absolute Gasteiger partial charge is 0.472 e. The fourth-order valence-electron chi connectivity index (χ4n) is 2.70. The Kier molecular flexibility index (Phi) is 6.53. The van der Waals surface area contributed by atoms with Gasteiger partial charge in [0.15, 0.2) is 0 Å². The highest BCUT2D eigenvalue weighted by molar-refractivity contribution is 5.85. The van der Waals surface area contributed by atoms with Gasteiger partial charge in [0.2, 0.25) is 0 Å². The number of rotatable bonds is 8. The normalized spacial score (nSPS) is 10.7. The van der Waals surface area contributed by atoms with Crippen molar-refractivity contribution in [2.75, 3.05) is 11.9 Å². The standard InChI is InChI=1S/C18H23N3O.ClH/c1-2-3-4-5-7-11-19-18-17(15-10-13-22-14-15)20-16-9-6-8-12-21(16)18;/h6,8-10,12-14,19H,2-5,7,11H2,1H3;1H. The van der Waals surface area contributed by atoms with Crippen LogP contribution in [0.15, 0.2) is 47.4 Å². The van der Waals surface area contributed by atoms with Crippen LogP contribution in [0.4, 0.5) is 5.82 Å². The molecule has 0 aliphatic heterocycles. The van der Waals surface area contributed by atoms with Crippen molar-refractivity contribution in [1.82, 2.24) is 9.38 Å². The number of unbranched alkanes of at least 4 members (excludes halogenated alkanes) is 4. The minimum absolute atomic E-state index is 0. The molecule has 0 unspecified atom stereocenters. The lowest BCUT2D eigenvalue weighted by molar-refractivity contribution is 0.568. The van der Waals surface area contributed by atoms with Crippen LogP contribution in [0, 0.1) is 0 Å². The van der Waals surface area contributed by atoms with Crippen molar-refractivity contribution in [3.8, 4) is 11.3 Å². The molecular weight excluding hydrogens is 310 g/mol. The minimum atomic E-state index is 0. The van der Waals surface area contributed by atoms with Gasteiger partial charge in [-0.05, 0) is 24.6 Å². The molecule has 3 heterocycles. The van der Waals surface area contributed by atoms with Gasteiger partial charge in [-0.15, -0.1) is 12.4 Å². The highest BCUT2D eigenvalue weighted by Gasteiger charge is 2.14. The molecule has 0 radical (unpaired) electrons. The first-order chi connectivity index (χ1) is 10.9. The van der Waals surface area contributed by atoms with Crippen molar-refractivity contribution in [3.63, 3.8) is 0 Å². The van der Waals surface area contributed by atoms with Crippen LogP contribution in [-0.4, -0.2) is 15.9 Å². The summed E-state index contributed by atoms with van der Waals surface area (Å²) in [4.78, 5) is 4.72. The van der Waals surface area contributed by atoms with E-state index in [9.17, 15) is 0 Å². The van der Waals surface area contributed by atoms with Gasteiger partial charge in [0, 0.05) is 18.3 Å². The zero-order valence-corrected chi connectivity index (χ0v) is 14.3. The molecule has 3 aromatic rings. The Hall–Kier alpha value is -1.94. The Bertz CT molecular complexity index is 706. The summed E-state index contributed by atoms with van der Waals surface area (Å²) >= 11 is 0. The number of hydrogen-bond acceptors (Lipinski definition) is 3. The molecule has 23 heavy (non-hydrogen) atoms. The van der Waals surface area contributed by atoms with Crippen molar-refractivity contribution < 1.29 is 4.42 Å². The van der Waals surface area contributed by atoms with Crippen LogP contribution in [0.2, 0.25) is 0 Å². The summed E-state index contributed by atoms with van der Waals surface area (Å²) in [6.45, 7) is 3.21. The number of aromatic nitrogens is 2. The molecule has 0 bridgehead atoms. The second-order valence-corrected chi connectivity index (χ2v) is 5.59. The molecule has 0 aliphatic carbocycles. The van der Waals surface area contributed by atoms with Crippen LogP contribution in [-0.2, 0) is 0 Å². The third-order valence-corrected chi connectivity index (χ3v) is 3.90. The Labute approximate surface area is 143 Å². The third kappa shape index (κ3) is 4.08. The highest BCUT2D eigenvalue weighted by atomic mass is 35.5. The second kappa shape index (κ2) is 8.63. The molecule has 5 heteroatoms. The summed E-state index contributed by atoms with van der Waals surface area (Å²) in [5.41, 5.74) is 2.91. The molecule has 3 aromatic heterocycles. The maximum atomic E-state index is 5.21. The Morgan fingerprint density at radius 1 is 1.13 bits per heavy atom. The zero-order valence-electron chi connectivity index (χ0n) is 13.5. The third-order valence-electron chi connectivity index (χ3n) is 3.90. The first-order valence-corrected chi connectivity index (χ1v) is 8.13. The lowest BCUT2D eigenvalue weighted by Gasteiger charge is -2.08. The number of nitrogens with zero attached hydrogens (tertiary/aromatic N) is 2. The molecule has 0 saturated carbocycles. The van der Waals surface area contributed by atoms with E-state index in [1.807, 2.05) is 30.5 Å². The summed E-state index contributed by atoms with van der Waals surface area (Å²) in [5, 5.41) is 3.56. The van der Waals surface area contributed by atoms with Crippen molar-refractivity contribution >= 4 is 23.9 Å². The van der Waals surface area contributed by atoms with Gasteiger partial charge in [-0.3, -0.25) is 4.40 Å². The van der Waals surface area contributed by atoms with Crippen LogP contribution in [0.3, 0.4) is 0 Å². The summed E-state index contributed by atoms with van der Waals surface area (Å²) in [6, 6.07) is 8.01. The van der Waals surface area contributed by atoms with Crippen molar-refractivity contribution in [2.45, 2.75) is 39.0 Å². The van der Waals surface area contributed by atoms with Gasteiger partial charge in [-0.2, -0.15) is 0 Å². The molecule has 0 spiro atoms. The van der Waals surface area contributed by atoms with E-state index in [0.717, 1.165) is 29.3 Å². The maximum Gasteiger partial charge on any atom is 0.139 e. The van der Waals surface area contributed by atoms with Gasteiger partial charge in [-0.1, -0.05) is 38.7 Å². The van der Waals surface area contributed by atoms with E-state index < -0.39 is 0 Å². The molecule has 1 N–H and O–H groups in total. The van der Waals surface area contributed by atoms with Crippen molar-refractivity contribution in [2.24, 2.45) is 0 Å². The van der Waals surface area contributed by atoms with Crippen LogP contribution in [0.1, 0.15) is 39.0 Å². The zero-order chi connectivity index (χ0) is 15.2. The number of pyridine rings is 1. The van der Waals surface area contributed by atoms with Gasteiger partial charge in [0.1, 0.15) is 17.2 Å². The molecular formula is C18H24ClN3O. The van der Waals surface area contributed by atoms with Gasteiger partial charge < -0.3 is 9.73 Å². The first-order valence-electron chi connectivity index (χ1n) is 8.13. The lowest BCUT2D eigenvalue weighted by atomic mass is 10.1. The molecule has 124 valence electrons. The van der Waals surface area contributed by atoms with E-state index in [1.54, 1.807) is 12.5 Å². The summed E-state index contributed by atoms with van der Waals surface area (Å²) < 4.78 is 7.32. The van der Waals surface area contributed by atoms with Gasteiger partial charge in [0.05, 0.1) is 12.5 Å². The number of halogens is 1. The summed E-state index contributed by atoms with van der Waals surface area (Å²) in [7, 11) is 0. The Balaban J connectivity index is 0.00000192. The average Bonchev–Trinajstić information content (AvgIpc) is 3.18. The number of nitrogens with one attached hydrogen (secondary N) is 1. The van der Waals surface area contributed by atoms with Crippen molar-refractivity contribution in [3.05, 3.63) is 43.0 Å². The lowest BCUT2D eigenvalue weighted by Crippen LogP contribution is -2.05. The monoisotopic (exact) mass is 333 g/mol. The van der Waals surface area contributed by atoms with Gasteiger partial charge in [-0.25, -0.2) is 4.98 Å². The quantitative estimate of drug-likeness (QED) is 0.561. The molecule has 3 rings (SSSR count). The maximum absolute atomic E-state index is 5.21. The molecule has 0 aliphatic rings. The van der Waals surface area contributed by atoms with E-state index in [-0.39, 0.29) is 12.4 Å². The van der Waals surface area contributed by atoms with E-state index in [0.29, 0.717) is 0 Å². The molecule has 0 saturated heterocycles. The van der Waals surface area contributed by atoms with Crippen LogP contribution < -0.4 is 5.32 Å². The predicted molar refractivity (Wildman–Crippen MR) is 97.4 cm³/mol. The number of anilines is 1. The fraction of sp³-hybridized carbons (Fsp3) is 0.389. The first kappa shape index (κ1) is 17.4. The topological polar surface area (TPSA) is 42.5 Å². The number of imidazole rings is 1. The van der Waals surface area contributed by atoms with Crippen LogP contribution in [0.25, 0.3) is 16.9 Å². The van der Waals surface area contributed by atoms with E-state index in [2.05, 4.69) is 16.6 Å². The molecule has 0 amide bonds. The van der Waals surface area contributed by atoms with Gasteiger partial charge >= 0.3 is 0 Å². The van der Waals surface area contributed by atoms with Crippen molar-refractivity contribution in [1.29, 1.82) is 0 Å². The predicted octanol–water partition coefficient (Wildman–Crippen LogP) is 5.40. The minimum Gasteiger partial charge on any atom is -0.472 e. The van der Waals surface area contributed by atoms with E-state index in [1.165, 1.54) is 32.1 Å². The number of furan rings is 1. The summed E-state index contributed by atoms with van der Waals surface area (Å²) in [5.74, 6) is 1.05. The number of fused-ring (bicyclic) bond motifs is 1. The van der Waals surface area contributed by atoms with Crippen LogP contribution in [0.5, 0.6) is 0 Å². The molecule has 0 fully saturated rings. The number of hydrogen-bond donors (Lipinski definition) is 1. The fourth-order valence-corrected chi connectivity index (χ4v) is 2.70. The molecule has 4 nitrogen and oxygen atoms in total. The SMILES string of the molecule is CCCCCCCNc1c(-c2ccoc2)nc2ccccn12.Cl. The van der Waals surface area contributed by atoms with E-state index >= 15 is 0 Å². The Morgan fingerprint density at radius 2 is 2.00 bits per heavy atom. The Morgan fingerprint density at radius 3 is 2.78 bits per heavy atom. The highest BCUT2D eigenvalue weighted by Crippen LogP contribution is 2.29.